The smallest absolute Gasteiger partial charge is 0.351 e. The van der Waals surface area contributed by atoms with E-state index in [2.05, 4.69) is 30.7 Å². The molecule has 3 aromatic rings. The second-order valence-corrected chi connectivity index (χ2v) is 7.93. The number of carbonyl (C=O) groups excluding carboxylic acids is 2. The molecule has 1 amide bonds. The number of nitrogens with one attached hydrogen (secondary N) is 2. The highest BCUT2D eigenvalue weighted by molar-refractivity contribution is 6.08. The summed E-state index contributed by atoms with van der Waals surface area (Å²) in [5.74, 6) is 0.639. The molecule has 2 aliphatic rings. The number of aromatic nitrogens is 5. The number of nitrogens with zero attached hydrogens (tertiary/aromatic N) is 6. The van der Waals surface area contributed by atoms with Gasteiger partial charge in [-0.05, 0) is 24.8 Å². The van der Waals surface area contributed by atoms with Crippen LogP contribution in [0.5, 0.6) is 0 Å². The van der Waals surface area contributed by atoms with Crippen LogP contribution in [0, 0.1) is 5.92 Å². The maximum Gasteiger partial charge on any atom is 0.437 e. The lowest BCUT2D eigenvalue weighted by Gasteiger charge is -2.37. The minimum atomic E-state index is -4.68. The highest BCUT2D eigenvalue weighted by Gasteiger charge is 2.39. The van der Waals surface area contributed by atoms with Crippen molar-refractivity contribution in [1.82, 2.24) is 29.7 Å². The van der Waals surface area contributed by atoms with Crippen LogP contribution < -0.4 is 15.5 Å². The Morgan fingerprint density at radius 1 is 1.30 bits per heavy atom. The van der Waals surface area contributed by atoms with Crippen molar-refractivity contribution in [3.63, 3.8) is 0 Å². The van der Waals surface area contributed by atoms with Gasteiger partial charge in [-0.2, -0.15) is 23.4 Å². The van der Waals surface area contributed by atoms with E-state index in [9.17, 15) is 18.0 Å². The van der Waals surface area contributed by atoms with E-state index in [0.29, 0.717) is 17.6 Å². The number of hydrogen-bond donors (Lipinski definition) is 2. The van der Waals surface area contributed by atoms with E-state index in [1.165, 1.54) is 30.6 Å². The zero-order chi connectivity index (χ0) is 23.8. The Morgan fingerprint density at radius 2 is 2.06 bits per heavy atom. The van der Waals surface area contributed by atoms with Crippen LogP contribution in [0.4, 0.5) is 24.7 Å². The van der Waals surface area contributed by atoms with Crippen LogP contribution in [0.2, 0.25) is 0 Å². The summed E-state index contributed by atoms with van der Waals surface area (Å²) in [6.07, 6.45) is 1.84. The Labute approximate surface area is 186 Å². The summed E-state index contributed by atoms with van der Waals surface area (Å²) in [7, 11) is 1.36. The summed E-state index contributed by atoms with van der Waals surface area (Å²) in [5, 5.41) is 13.3. The number of alkyl halides is 3. The average Bonchev–Trinajstić information content (AvgIpc) is 3.45. The molecule has 176 valence electrons. The lowest BCUT2D eigenvalue weighted by Crippen LogP contribution is -2.52. The molecule has 10 nitrogen and oxygen atoms in total. The largest absolute Gasteiger partial charge is 0.437 e. The van der Waals surface area contributed by atoms with Crippen LogP contribution in [0.1, 0.15) is 28.9 Å². The van der Waals surface area contributed by atoms with Crippen molar-refractivity contribution in [2.45, 2.75) is 25.1 Å². The summed E-state index contributed by atoms with van der Waals surface area (Å²) in [6, 6.07) is 2.19. The fourth-order valence-electron chi connectivity index (χ4n) is 4.07. The van der Waals surface area contributed by atoms with Gasteiger partial charge in [0.25, 0.3) is 5.91 Å². The van der Waals surface area contributed by atoms with Crippen LogP contribution in [-0.4, -0.2) is 62.8 Å². The summed E-state index contributed by atoms with van der Waals surface area (Å²) in [4.78, 5) is 27.7. The maximum atomic E-state index is 13.2. The van der Waals surface area contributed by atoms with E-state index in [1.54, 1.807) is 6.20 Å². The number of fused-ring (bicyclic) bond motifs is 1. The Morgan fingerprint density at radius 3 is 2.76 bits per heavy atom. The number of aryl methyl sites for hydroxylation is 1. The Balaban J connectivity index is 0.00000126. The highest BCUT2D eigenvalue weighted by Crippen LogP contribution is 2.37. The second kappa shape index (κ2) is 8.81. The van der Waals surface area contributed by atoms with Crippen molar-refractivity contribution >= 4 is 29.8 Å². The Hall–Kier alpha value is -3.48. The van der Waals surface area contributed by atoms with Gasteiger partial charge in [0.05, 0.1) is 11.9 Å². The second-order valence-electron chi connectivity index (χ2n) is 7.93. The topological polar surface area (TPSA) is 109 Å². The van der Waals surface area contributed by atoms with Gasteiger partial charge in [-0.3, -0.25) is 9.48 Å². The molecule has 0 spiro atoms. The third-order valence-electron chi connectivity index (χ3n) is 5.69. The highest BCUT2D eigenvalue weighted by atomic mass is 19.4. The van der Waals surface area contributed by atoms with Gasteiger partial charge in [-0.25, -0.2) is 9.50 Å². The average molecular weight is 464 g/mol. The van der Waals surface area contributed by atoms with Gasteiger partial charge in [0.15, 0.2) is 11.3 Å². The maximum absolute atomic E-state index is 13.2. The van der Waals surface area contributed by atoms with E-state index in [4.69, 9.17) is 4.79 Å². The Kier molecular flexibility index (Phi) is 6.06. The number of amides is 1. The third kappa shape index (κ3) is 4.53. The van der Waals surface area contributed by atoms with Crippen molar-refractivity contribution < 1.29 is 22.8 Å². The van der Waals surface area contributed by atoms with E-state index in [0.717, 1.165) is 36.3 Å². The monoisotopic (exact) mass is 464 g/mol. The number of rotatable bonds is 4. The molecular formula is C20H23F3N8O2. The summed E-state index contributed by atoms with van der Waals surface area (Å²) >= 11 is 0. The zero-order valence-corrected chi connectivity index (χ0v) is 17.8. The van der Waals surface area contributed by atoms with Crippen LogP contribution in [0.3, 0.4) is 0 Å². The first kappa shape index (κ1) is 22.7. The normalized spacial score (nSPS) is 18.7. The summed E-state index contributed by atoms with van der Waals surface area (Å²) < 4.78 is 42.1. The third-order valence-corrected chi connectivity index (χ3v) is 5.69. The number of anilines is 2. The minimum Gasteiger partial charge on any atom is -0.351 e. The molecule has 5 rings (SSSR count). The van der Waals surface area contributed by atoms with E-state index >= 15 is 0 Å². The molecule has 1 aliphatic carbocycles. The van der Waals surface area contributed by atoms with Crippen molar-refractivity contribution in [2.24, 2.45) is 13.0 Å². The molecule has 4 heterocycles. The van der Waals surface area contributed by atoms with Gasteiger partial charge in [0.2, 0.25) is 0 Å². The van der Waals surface area contributed by atoms with Crippen molar-refractivity contribution in [2.75, 3.05) is 29.9 Å². The first-order chi connectivity index (χ1) is 15.8. The molecule has 2 fully saturated rings. The quantitative estimate of drug-likeness (QED) is 0.605. The first-order valence-electron chi connectivity index (χ1n) is 10.3. The first-order valence-corrected chi connectivity index (χ1v) is 10.3. The number of carbonyl (C=O) groups is 2. The predicted octanol–water partition coefficient (Wildman–Crippen LogP) is 1.74. The molecular weight excluding hydrogens is 441 g/mol. The standard InChI is InChI=1S/C19H21F3N8O.CH2O/c1-28-10-13(16(27-28)19(20,21)22)25-18(31)12-8-24-30-6-4-15(26-17(12)30)29-7-5-23-9-14(29)11-2-3-11;1-2/h4,6,8,10-11,14,23H,2-3,5,7,9H2,1H3,(H,25,31);1H2. The van der Waals surface area contributed by atoms with Gasteiger partial charge in [0.1, 0.15) is 18.2 Å². The van der Waals surface area contributed by atoms with Gasteiger partial charge < -0.3 is 20.3 Å². The summed E-state index contributed by atoms with van der Waals surface area (Å²) in [6.45, 7) is 4.51. The minimum absolute atomic E-state index is 0.0944. The molecule has 3 aromatic heterocycles. The molecule has 2 N–H and O–H groups in total. The van der Waals surface area contributed by atoms with Gasteiger partial charge in [-0.1, -0.05) is 0 Å². The van der Waals surface area contributed by atoms with Crippen LogP contribution >= 0.6 is 0 Å². The van der Waals surface area contributed by atoms with Crippen LogP contribution in [-0.2, 0) is 18.0 Å². The lowest BCUT2D eigenvalue weighted by atomic mass is 10.1. The van der Waals surface area contributed by atoms with E-state index < -0.39 is 23.5 Å². The molecule has 1 saturated carbocycles. The molecule has 1 aliphatic heterocycles. The van der Waals surface area contributed by atoms with Gasteiger partial charge in [-0.15, -0.1) is 0 Å². The van der Waals surface area contributed by atoms with Crippen LogP contribution in [0.25, 0.3) is 5.65 Å². The summed E-state index contributed by atoms with van der Waals surface area (Å²) in [5.41, 5.74) is -1.18. The number of hydrogen-bond acceptors (Lipinski definition) is 7. The molecule has 0 radical (unpaired) electrons. The fraction of sp³-hybridized carbons (Fsp3) is 0.450. The van der Waals surface area contributed by atoms with Gasteiger partial charge in [0, 0.05) is 45.1 Å². The number of halogens is 3. The zero-order valence-electron chi connectivity index (χ0n) is 17.8. The van der Waals surface area contributed by atoms with E-state index in [1.807, 2.05) is 12.9 Å². The number of piperazine rings is 1. The predicted molar refractivity (Wildman–Crippen MR) is 113 cm³/mol. The Bertz CT molecular complexity index is 1150. The van der Waals surface area contributed by atoms with Crippen molar-refractivity contribution in [1.29, 1.82) is 0 Å². The SMILES string of the molecule is C=O.Cn1cc(NC(=O)c2cnn3ccc(N4CCNCC4C4CC4)nc23)c(C(F)(F)F)n1. The van der Waals surface area contributed by atoms with E-state index in [-0.39, 0.29) is 5.56 Å². The molecule has 1 saturated heterocycles. The molecule has 0 aromatic carbocycles. The fourth-order valence-corrected chi connectivity index (χ4v) is 4.07. The molecule has 1 unspecified atom stereocenters. The molecule has 0 bridgehead atoms. The molecule has 33 heavy (non-hydrogen) atoms. The van der Waals surface area contributed by atoms with Gasteiger partial charge >= 0.3 is 6.18 Å². The lowest BCUT2D eigenvalue weighted by molar-refractivity contribution is -0.140. The van der Waals surface area contributed by atoms with Crippen LogP contribution in [0.15, 0.2) is 24.7 Å². The van der Waals surface area contributed by atoms with Crippen molar-refractivity contribution in [3.8, 4) is 0 Å². The molecule has 1 atom stereocenters. The molecule has 13 heteroatoms. The van der Waals surface area contributed by atoms with Crippen molar-refractivity contribution in [3.05, 3.63) is 35.9 Å².